The fourth-order valence-corrected chi connectivity index (χ4v) is 1.74. The molecular formula is C14H18N4O4. The summed E-state index contributed by atoms with van der Waals surface area (Å²) in [4.78, 5) is 23.4. The van der Waals surface area contributed by atoms with E-state index in [9.17, 15) is 9.59 Å². The van der Waals surface area contributed by atoms with Gasteiger partial charge in [0.15, 0.2) is 5.69 Å². The van der Waals surface area contributed by atoms with Crippen LogP contribution in [0, 0.1) is 0 Å². The van der Waals surface area contributed by atoms with Gasteiger partial charge in [0.05, 0.1) is 18.5 Å². The van der Waals surface area contributed by atoms with E-state index in [1.165, 1.54) is 10.7 Å². The average Bonchev–Trinajstić information content (AvgIpc) is 2.79. The average molecular weight is 306 g/mol. The summed E-state index contributed by atoms with van der Waals surface area (Å²) in [5, 5.41) is 10.2. The van der Waals surface area contributed by atoms with Gasteiger partial charge < -0.3 is 9.47 Å². The monoisotopic (exact) mass is 306 g/mol. The number of aromatic nitrogens is 3. The van der Waals surface area contributed by atoms with Crippen LogP contribution in [0.2, 0.25) is 0 Å². The number of esters is 1. The maximum Gasteiger partial charge on any atom is 0.412 e. The fourth-order valence-electron chi connectivity index (χ4n) is 1.74. The van der Waals surface area contributed by atoms with Gasteiger partial charge in [-0.1, -0.05) is 5.21 Å². The van der Waals surface area contributed by atoms with Crippen molar-refractivity contribution in [2.75, 3.05) is 11.9 Å². The van der Waals surface area contributed by atoms with Gasteiger partial charge in [0.1, 0.15) is 11.1 Å². The number of nitrogens with zero attached hydrogens (tertiary/aromatic N) is 3. The van der Waals surface area contributed by atoms with E-state index in [1.807, 2.05) is 0 Å². The third-order valence-corrected chi connectivity index (χ3v) is 2.53. The molecule has 2 aromatic rings. The van der Waals surface area contributed by atoms with E-state index >= 15 is 0 Å². The van der Waals surface area contributed by atoms with Crippen LogP contribution in [-0.4, -0.2) is 39.1 Å². The van der Waals surface area contributed by atoms with Crippen molar-refractivity contribution in [1.82, 2.24) is 14.8 Å². The Kier molecular flexibility index (Phi) is 4.30. The fraction of sp³-hybridized carbons (Fsp3) is 0.429. The molecular weight excluding hydrogens is 288 g/mol. The SMILES string of the molecule is CCOC(=O)c1nnn2cc(NC(=O)OC(C)(C)C)ccc12. The van der Waals surface area contributed by atoms with Gasteiger partial charge in [0, 0.05) is 0 Å². The molecule has 2 rings (SSSR count). The minimum Gasteiger partial charge on any atom is -0.461 e. The molecule has 0 aliphatic rings. The highest BCUT2D eigenvalue weighted by molar-refractivity contribution is 5.95. The van der Waals surface area contributed by atoms with Crippen molar-refractivity contribution < 1.29 is 19.1 Å². The molecule has 0 spiro atoms. The zero-order chi connectivity index (χ0) is 16.3. The second kappa shape index (κ2) is 6.00. The van der Waals surface area contributed by atoms with E-state index in [1.54, 1.807) is 39.8 Å². The number of amides is 1. The van der Waals surface area contributed by atoms with Gasteiger partial charge in [0.25, 0.3) is 0 Å². The molecule has 0 bridgehead atoms. The van der Waals surface area contributed by atoms with Crippen molar-refractivity contribution in [3.05, 3.63) is 24.0 Å². The van der Waals surface area contributed by atoms with Gasteiger partial charge in [-0.05, 0) is 39.8 Å². The Morgan fingerprint density at radius 1 is 1.32 bits per heavy atom. The number of pyridine rings is 1. The summed E-state index contributed by atoms with van der Waals surface area (Å²) in [6.07, 6.45) is 0.965. The lowest BCUT2D eigenvalue weighted by atomic mass is 10.2. The van der Waals surface area contributed by atoms with Crippen LogP contribution in [0.1, 0.15) is 38.2 Å². The number of nitrogens with one attached hydrogen (secondary N) is 1. The second-order valence-corrected chi connectivity index (χ2v) is 5.53. The number of rotatable bonds is 3. The normalized spacial score (nSPS) is 11.3. The van der Waals surface area contributed by atoms with E-state index in [2.05, 4.69) is 15.6 Å². The van der Waals surface area contributed by atoms with Gasteiger partial charge in [0.2, 0.25) is 0 Å². The van der Waals surface area contributed by atoms with E-state index in [4.69, 9.17) is 9.47 Å². The predicted molar refractivity (Wildman–Crippen MR) is 78.8 cm³/mol. The van der Waals surface area contributed by atoms with Crippen molar-refractivity contribution >= 4 is 23.3 Å². The molecule has 0 atom stereocenters. The molecule has 0 unspecified atom stereocenters. The number of ether oxygens (including phenoxy) is 2. The molecule has 8 nitrogen and oxygen atoms in total. The van der Waals surface area contributed by atoms with Gasteiger partial charge in [-0.2, -0.15) is 0 Å². The van der Waals surface area contributed by atoms with Crippen LogP contribution in [0.3, 0.4) is 0 Å². The van der Waals surface area contributed by atoms with E-state index in [-0.39, 0.29) is 12.3 Å². The summed E-state index contributed by atoms with van der Waals surface area (Å²) in [6, 6.07) is 3.25. The second-order valence-electron chi connectivity index (χ2n) is 5.53. The Hall–Kier alpha value is -2.64. The third kappa shape index (κ3) is 3.72. The Bertz CT molecular complexity index is 702. The number of carbonyl (C=O) groups excluding carboxylic acids is 2. The van der Waals surface area contributed by atoms with Crippen LogP contribution in [0.25, 0.3) is 5.52 Å². The highest BCUT2D eigenvalue weighted by atomic mass is 16.6. The lowest BCUT2D eigenvalue weighted by molar-refractivity contribution is 0.0520. The highest BCUT2D eigenvalue weighted by Crippen LogP contribution is 2.15. The minimum atomic E-state index is -0.585. The Morgan fingerprint density at radius 2 is 2.05 bits per heavy atom. The molecule has 0 saturated carbocycles. The van der Waals surface area contributed by atoms with Gasteiger partial charge in [-0.3, -0.25) is 5.32 Å². The summed E-state index contributed by atoms with van der Waals surface area (Å²) >= 11 is 0. The van der Waals surface area contributed by atoms with Gasteiger partial charge in [-0.25, -0.2) is 14.1 Å². The number of hydrogen-bond donors (Lipinski definition) is 1. The molecule has 0 saturated heterocycles. The lowest BCUT2D eigenvalue weighted by Gasteiger charge is -2.19. The summed E-state index contributed by atoms with van der Waals surface area (Å²) < 4.78 is 11.4. The van der Waals surface area contributed by atoms with Crippen LogP contribution >= 0.6 is 0 Å². The molecule has 118 valence electrons. The van der Waals surface area contributed by atoms with Crippen LogP contribution in [0.5, 0.6) is 0 Å². The molecule has 1 amide bonds. The Labute approximate surface area is 127 Å². The standard InChI is InChI=1S/C14H18N4O4/c1-5-21-12(19)11-10-7-6-9(8-18(10)17-16-11)15-13(20)22-14(2,3)4/h6-8H,5H2,1-4H3,(H,15,20). The van der Waals surface area contributed by atoms with Crippen molar-refractivity contribution in [2.24, 2.45) is 0 Å². The molecule has 0 fully saturated rings. The molecule has 1 N–H and O–H groups in total. The zero-order valence-corrected chi connectivity index (χ0v) is 12.9. The molecule has 0 aliphatic carbocycles. The van der Waals surface area contributed by atoms with E-state index in [0.717, 1.165) is 0 Å². The first-order valence-electron chi connectivity index (χ1n) is 6.82. The number of hydrogen-bond acceptors (Lipinski definition) is 6. The molecule has 2 aromatic heterocycles. The largest absolute Gasteiger partial charge is 0.461 e. The van der Waals surface area contributed by atoms with Crippen LogP contribution in [0.15, 0.2) is 18.3 Å². The first-order chi connectivity index (χ1) is 10.3. The van der Waals surface area contributed by atoms with Crippen molar-refractivity contribution in [1.29, 1.82) is 0 Å². The predicted octanol–water partition coefficient (Wildman–Crippen LogP) is 2.25. The maximum absolute atomic E-state index is 11.7. The smallest absolute Gasteiger partial charge is 0.412 e. The summed E-state index contributed by atoms with van der Waals surface area (Å²) in [7, 11) is 0. The molecule has 0 aliphatic heterocycles. The first-order valence-corrected chi connectivity index (χ1v) is 6.82. The quantitative estimate of drug-likeness (QED) is 0.874. The number of fused-ring (bicyclic) bond motifs is 1. The summed E-state index contributed by atoms with van der Waals surface area (Å²) in [6.45, 7) is 7.30. The number of anilines is 1. The van der Waals surface area contributed by atoms with Crippen LogP contribution in [-0.2, 0) is 9.47 Å². The number of carbonyl (C=O) groups is 2. The Morgan fingerprint density at radius 3 is 2.68 bits per heavy atom. The van der Waals surface area contributed by atoms with Gasteiger partial charge >= 0.3 is 12.1 Å². The highest BCUT2D eigenvalue weighted by Gasteiger charge is 2.18. The summed E-state index contributed by atoms with van der Waals surface area (Å²) in [5.74, 6) is -0.537. The molecule has 0 aromatic carbocycles. The molecule has 0 radical (unpaired) electrons. The van der Waals surface area contributed by atoms with Crippen LogP contribution < -0.4 is 5.32 Å². The zero-order valence-electron chi connectivity index (χ0n) is 12.9. The maximum atomic E-state index is 11.7. The Balaban J connectivity index is 2.18. The topological polar surface area (TPSA) is 94.8 Å². The lowest BCUT2D eigenvalue weighted by Crippen LogP contribution is -2.27. The molecule has 8 heteroatoms. The van der Waals surface area contributed by atoms with Crippen molar-refractivity contribution in [3.63, 3.8) is 0 Å². The van der Waals surface area contributed by atoms with E-state index < -0.39 is 17.7 Å². The molecule has 2 heterocycles. The van der Waals surface area contributed by atoms with Crippen LogP contribution in [0.4, 0.5) is 10.5 Å². The van der Waals surface area contributed by atoms with Crippen molar-refractivity contribution in [3.8, 4) is 0 Å². The van der Waals surface area contributed by atoms with Crippen molar-refractivity contribution in [2.45, 2.75) is 33.3 Å². The summed E-state index contributed by atoms with van der Waals surface area (Å²) in [5.41, 5.74) is 0.513. The van der Waals surface area contributed by atoms with Gasteiger partial charge in [-0.15, -0.1) is 5.10 Å². The molecule has 22 heavy (non-hydrogen) atoms. The third-order valence-electron chi connectivity index (χ3n) is 2.53. The first kappa shape index (κ1) is 15.7. The van der Waals surface area contributed by atoms with E-state index in [0.29, 0.717) is 11.2 Å². The minimum absolute atomic E-state index is 0.130.